The van der Waals surface area contributed by atoms with Crippen LogP contribution in [0, 0.1) is 6.92 Å². The van der Waals surface area contributed by atoms with Gasteiger partial charge in [-0.1, -0.05) is 35.9 Å². The molecule has 0 saturated carbocycles. The maximum absolute atomic E-state index is 6.13. The molecular weight excluding hydrogens is 284 g/mol. The van der Waals surface area contributed by atoms with Crippen molar-refractivity contribution in [2.45, 2.75) is 19.9 Å². The molecule has 0 bridgehead atoms. The van der Waals surface area contributed by atoms with Gasteiger partial charge in [0.15, 0.2) is 0 Å². The van der Waals surface area contributed by atoms with Crippen molar-refractivity contribution in [3.8, 4) is 11.4 Å². The number of para-hydroxylation sites is 1. The molecule has 23 heavy (non-hydrogen) atoms. The average Bonchev–Trinajstić information content (AvgIpc) is 2.88. The van der Waals surface area contributed by atoms with Crippen LogP contribution in [0.5, 0.6) is 0 Å². The molecule has 0 aliphatic carbocycles. The van der Waals surface area contributed by atoms with Crippen LogP contribution in [0.2, 0.25) is 0 Å². The fourth-order valence-electron chi connectivity index (χ4n) is 2.86. The number of aromatic nitrogens is 2. The van der Waals surface area contributed by atoms with Crippen LogP contribution in [0.4, 0.5) is 5.69 Å². The Morgan fingerprint density at radius 1 is 1.09 bits per heavy atom. The summed E-state index contributed by atoms with van der Waals surface area (Å²) >= 11 is 0. The summed E-state index contributed by atoms with van der Waals surface area (Å²) in [6.07, 6.45) is 1.08. The molecule has 0 spiro atoms. The lowest BCUT2D eigenvalue weighted by Gasteiger charge is -2.12. The minimum Gasteiger partial charge on any atom is -0.397 e. The predicted molar refractivity (Wildman–Crippen MR) is 97.5 cm³/mol. The first-order valence-corrected chi connectivity index (χ1v) is 8.03. The minimum absolute atomic E-state index is 0.738. The third kappa shape index (κ3) is 3.22. The molecule has 0 fully saturated rings. The molecule has 2 aromatic carbocycles. The molecule has 0 aliphatic rings. The van der Waals surface area contributed by atoms with Gasteiger partial charge in [0.25, 0.3) is 0 Å². The highest BCUT2D eigenvalue weighted by atomic mass is 15.1. The summed E-state index contributed by atoms with van der Waals surface area (Å²) in [5.41, 5.74) is 11.3. The second-order valence-corrected chi connectivity index (χ2v) is 6.32. The lowest BCUT2D eigenvalue weighted by molar-refractivity contribution is 0.388. The summed E-state index contributed by atoms with van der Waals surface area (Å²) in [6, 6.07) is 14.5. The number of hydrogen-bond donors (Lipinski definition) is 1. The molecule has 0 saturated heterocycles. The highest BCUT2D eigenvalue weighted by Gasteiger charge is 2.14. The fourth-order valence-corrected chi connectivity index (χ4v) is 2.86. The normalized spacial score (nSPS) is 11.5. The Bertz CT molecular complexity index is 800. The topological polar surface area (TPSA) is 47.1 Å². The van der Waals surface area contributed by atoms with Gasteiger partial charge in [-0.25, -0.2) is 4.98 Å². The molecule has 0 radical (unpaired) electrons. The maximum Gasteiger partial charge on any atom is 0.141 e. The van der Waals surface area contributed by atoms with Crippen molar-refractivity contribution in [2.75, 3.05) is 26.4 Å². The molecule has 3 aromatic rings. The van der Waals surface area contributed by atoms with Crippen LogP contribution in [0.3, 0.4) is 0 Å². The van der Waals surface area contributed by atoms with Crippen LogP contribution >= 0.6 is 0 Å². The van der Waals surface area contributed by atoms with E-state index >= 15 is 0 Å². The molecule has 0 atom stereocenters. The van der Waals surface area contributed by atoms with Gasteiger partial charge in [0.2, 0.25) is 0 Å². The van der Waals surface area contributed by atoms with E-state index in [-0.39, 0.29) is 0 Å². The van der Waals surface area contributed by atoms with E-state index in [9.17, 15) is 0 Å². The summed E-state index contributed by atoms with van der Waals surface area (Å²) in [5.74, 6) is 0.997. The zero-order valence-corrected chi connectivity index (χ0v) is 14.1. The van der Waals surface area contributed by atoms with Crippen LogP contribution < -0.4 is 5.73 Å². The van der Waals surface area contributed by atoms with Gasteiger partial charge in [-0.3, -0.25) is 0 Å². The van der Waals surface area contributed by atoms with E-state index in [0.29, 0.717) is 0 Å². The van der Waals surface area contributed by atoms with Gasteiger partial charge in [0.05, 0.1) is 11.2 Å². The van der Waals surface area contributed by atoms with Gasteiger partial charge in [-0.05, 0) is 46.1 Å². The lowest BCUT2D eigenvalue weighted by atomic mass is 10.1. The first kappa shape index (κ1) is 15.6. The van der Waals surface area contributed by atoms with Crippen molar-refractivity contribution in [2.24, 2.45) is 0 Å². The first-order valence-electron chi connectivity index (χ1n) is 8.03. The van der Waals surface area contributed by atoms with Crippen molar-refractivity contribution in [1.29, 1.82) is 0 Å². The smallest absolute Gasteiger partial charge is 0.141 e. The largest absolute Gasteiger partial charge is 0.397 e. The van der Waals surface area contributed by atoms with E-state index in [1.165, 1.54) is 5.56 Å². The fraction of sp³-hybridized carbons (Fsp3) is 0.316. The number of nitrogens with zero attached hydrogens (tertiary/aromatic N) is 3. The molecule has 120 valence electrons. The van der Waals surface area contributed by atoms with Gasteiger partial charge in [0, 0.05) is 12.1 Å². The predicted octanol–water partition coefficient (Wildman–Crippen LogP) is 3.55. The van der Waals surface area contributed by atoms with Crippen LogP contribution in [0.1, 0.15) is 12.0 Å². The van der Waals surface area contributed by atoms with Crippen LogP contribution in [-0.4, -0.2) is 35.1 Å². The van der Waals surface area contributed by atoms with Gasteiger partial charge in [-0.2, -0.15) is 0 Å². The summed E-state index contributed by atoms with van der Waals surface area (Å²) in [5, 5.41) is 0. The standard InChI is InChI=1S/C19H24N4/c1-14-8-10-15(11-9-14)19-21-18-16(20)6-4-7-17(18)23(19)13-5-12-22(2)3/h4,6-11H,5,12-13,20H2,1-3H3. The second-order valence-electron chi connectivity index (χ2n) is 6.32. The molecule has 2 N–H and O–H groups in total. The second kappa shape index (κ2) is 6.42. The van der Waals surface area contributed by atoms with Crippen LogP contribution in [0.25, 0.3) is 22.4 Å². The third-order valence-electron chi connectivity index (χ3n) is 4.11. The van der Waals surface area contributed by atoms with Crippen molar-refractivity contribution in [1.82, 2.24) is 14.5 Å². The number of hydrogen-bond acceptors (Lipinski definition) is 3. The Balaban J connectivity index is 2.07. The summed E-state index contributed by atoms with van der Waals surface area (Å²) in [6.45, 7) is 4.08. The van der Waals surface area contributed by atoms with Gasteiger partial charge >= 0.3 is 0 Å². The SMILES string of the molecule is Cc1ccc(-c2nc3c(N)cccc3n2CCCN(C)C)cc1. The maximum atomic E-state index is 6.13. The third-order valence-corrected chi connectivity index (χ3v) is 4.11. The zero-order chi connectivity index (χ0) is 16.4. The average molecular weight is 308 g/mol. The molecule has 1 heterocycles. The first-order chi connectivity index (χ1) is 11.1. The molecule has 0 aliphatic heterocycles. The minimum atomic E-state index is 0.738. The molecular formula is C19H24N4. The number of anilines is 1. The molecule has 4 heteroatoms. The van der Waals surface area contributed by atoms with E-state index in [0.717, 1.165) is 47.6 Å². The van der Waals surface area contributed by atoms with Gasteiger partial charge in [0.1, 0.15) is 11.3 Å². The number of nitrogen functional groups attached to an aromatic ring is 1. The Morgan fingerprint density at radius 2 is 1.83 bits per heavy atom. The van der Waals surface area contributed by atoms with E-state index in [1.54, 1.807) is 0 Å². The summed E-state index contributed by atoms with van der Waals surface area (Å²) < 4.78 is 2.29. The number of benzene rings is 2. The molecule has 3 rings (SSSR count). The monoisotopic (exact) mass is 308 g/mol. The zero-order valence-electron chi connectivity index (χ0n) is 14.1. The van der Waals surface area contributed by atoms with E-state index in [4.69, 9.17) is 10.7 Å². The summed E-state index contributed by atoms with van der Waals surface area (Å²) in [4.78, 5) is 7.04. The molecule has 1 aromatic heterocycles. The van der Waals surface area contributed by atoms with E-state index in [2.05, 4.69) is 60.8 Å². The Labute approximate surface area is 137 Å². The Hall–Kier alpha value is -2.33. The Kier molecular flexibility index (Phi) is 4.35. The highest BCUT2D eigenvalue weighted by Crippen LogP contribution is 2.28. The molecule has 4 nitrogen and oxygen atoms in total. The number of imidazole rings is 1. The van der Waals surface area contributed by atoms with Crippen LogP contribution in [0.15, 0.2) is 42.5 Å². The van der Waals surface area contributed by atoms with Crippen molar-refractivity contribution in [3.05, 3.63) is 48.0 Å². The number of nitrogens with two attached hydrogens (primary N) is 1. The number of rotatable bonds is 5. The van der Waals surface area contributed by atoms with E-state index < -0.39 is 0 Å². The Morgan fingerprint density at radius 3 is 2.52 bits per heavy atom. The molecule has 0 unspecified atom stereocenters. The van der Waals surface area contributed by atoms with Crippen LogP contribution in [-0.2, 0) is 6.54 Å². The lowest BCUT2D eigenvalue weighted by Crippen LogP contribution is -2.15. The van der Waals surface area contributed by atoms with Gasteiger partial charge in [-0.15, -0.1) is 0 Å². The van der Waals surface area contributed by atoms with Crippen molar-refractivity contribution >= 4 is 16.7 Å². The molecule has 0 amide bonds. The number of aryl methyl sites for hydroxylation is 2. The quantitative estimate of drug-likeness (QED) is 0.733. The van der Waals surface area contributed by atoms with Crippen molar-refractivity contribution < 1.29 is 0 Å². The number of fused-ring (bicyclic) bond motifs is 1. The highest BCUT2D eigenvalue weighted by molar-refractivity contribution is 5.90. The van der Waals surface area contributed by atoms with Gasteiger partial charge < -0.3 is 15.2 Å². The van der Waals surface area contributed by atoms with Crippen molar-refractivity contribution in [3.63, 3.8) is 0 Å². The summed E-state index contributed by atoms with van der Waals surface area (Å²) in [7, 11) is 4.20. The van der Waals surface area contributed by atoms with E-state index in [1.807, 2.05) is 12.1 Å².